The Kier molecular flexibility index (Phi) is 5.51. The number of benzene rings is 1. The molecule has 0 spiro atoms. The first-order chi connectivity index (χ1) is 9.36. The number of carboxylic acids is 1. The summed E-state index contributed by atoms with van der Waals surface area (Å²) in [4.78, 5) is 22.5. The molecule has 0 aliphatic heterocycles. The molecule has 1 atom stereocenters. The van der Waals surface area contributed by atoms with Gasteiger partial charge in [0.15, 0.2) is 17.5 Å². The zero-order valence-electron chi connectivity index (χ0n) is 10.5. The minimum absolute atomic E-state index is 0.0241. The second kappa shape index (κ2) is 6.90. The van der Waals surface area contributed by atoms with Gasteiger partial charge in [0.2, 0.25) is 0 Å². The topological polar surface area (TPSA) is 75.6 Å². The normalized spacial score (nSPS) is 12.0. The van der Waals surface area contributed by atoms with Crippen LogP contribution in [0.25, 0.3) is 0 Å². The van der Waals surface area contributed by atoms with Crippen LogP contribution in [0.2, 0.25) is 0 Å². The second-order valence-electron chi connectivity index (χ2n) is 3.90. The van der Waals surface area contributed by atoms with Crippen molar-refractivity contribution in [2.24, 2.45) is 0 Å². The highest BCUT2D eigenvalue weighted by molar-refractivity contribution is 5.96. The molecule has 5 nitrogen and oxygen atoms in total. The Bertz CT molecular complexity index is 498. The van der Waals surface area contributed by atoms with Gasteiger partial charge in [-0.25, -0.2) is 18.0 Å². The minimum Gasteiger partial charge on any atom is -0.480 e. The number of rotatable bonds is 6. The average Bonchev–Trinajstić information content (AvgIpc) is 2.39. The summed E-state index contributed by atoms with van der Waals surface area (Å²) in [7, 11) is 1.35. The number of carboxylic acid groups (broad SMARTS) is 1. The third kappa shape index (κ3) is 3.95. The van der Waals surface area contributed by atoms with Crippen LogP contribution in [0.4, 0.5) is 13.2 Å². The lowest BCUT2D eigenvalue weighted by atomic mass is 10.1. The summed E-state index contributed by atoms with van der Waals surface area (Å²) in [5.74, 6) is -7.10. The smallest absolute Gasteiger partial charge is 0.326 e. The Labute approximate surface area is 112 Å². The fourth-order valence-electron chi connectivity index (χ4n) is 1.42. The van der Waals surface area contributed by atoms with Gasteiger partial charge in [0, 0.05) is 25.7 Å². The molecule has 0 heterocycles. The number of halogens is 3. The molecule has 1 unspecified atom stereocenters. The van der Waals surface area contributed by atoms with Crippen molar-refractivity contribution in [3.05, 3.63) is 35.1 Å². The molecule has 0 saturated carbocycles. The number of hydrogen-bond acceptors (Lipinski definition) is 3. The molecular weight excluding hydrogens is 279 g/mol. The van der Waals surface area contributed by atoms with Crippen LogP contribution >= 0.6 is 0 Å². The van der Waals surface area contributed by atoms with Crippen LogP contribution in [0.3, 0.4) is 0 Å². The molecule has 1 amide bonds. The van der Waals surface area contributed by atoms with Gasteiger partial charge in [0.25, 0.3) is 5.91 Å². The van der Waals surface area contributed by atoms with Crippen molar-refractivity contribution in [2.75, 3.05) is 13.7 Å². The van der Waals surface area contributed by atoms with E-state index in [0.717, 1.165) is 0 Å². The van der Waals surface area contributed by atoms with Crippen LogP contribution in [-0.4, -0.2) is 36.7 Å². The molecule has 0 aliphatic rings. The van der Waals surface area contributed by atoms with Gasteiger partial charge in [0.1, 0.15) is 6.04 Å². The highest BCUT2D eigenvalue weighted by Crippen LogP contribution is 2.13. The zero-order valence-corrected chi connectivity index (χ0v) is 10.5. The van der Waals surface area contributed by atoms with E-state index in [-0.39, 0.29) is 13.0 Å². The fraction of sp³-hybridized carbons (Fsp3) is 0.333. The third-order valence-corrected chi connectivity index (χ3v) is 2.46. The molecule has 1 rings (SSSR count). The van der Waals surface area contributed by atoms with E-state index in [9.17, 15) is 22.8 Å². The van der Waals surface area contributed by atoms with Crippen molar-refractivity contribution in [2.45, 2.75) is 12.5 Å². The summed E-state index contributed by atoms with van der Waals surface area (Å²) in [5, 5.41) is 10.9. The second-order valence-corrected chi connectivity index (χ2v) is 3.90. The Morgan fingerprint density at radius 1 is 1.30 bits per heavy atom. The number of nitrogens with one attached hydrogen (secondary N) is 1. The summed E-state index contributed by atoms with van der Waals surface area (Å²) < 4.78 is 43.4. The van der Waals surface area contributed by atoms with Crippen LogP contribution in [-0.2, 0) is 9.53 Å². The van der Waals surface area contributed by atoms with Gasteiger partial charge < -0.3 is 15.2 Å². The largest absolute Gasteiger partial charge is 0.480 e. The predicted octanol–water partition coefficient (Wildman–Crippen LogP) is 1.32. The van der Waals surface area contributed by atoms with Gasteiger partial charge in [-0.15, -0.1) is 0 Å². The van der Waals surface area contributed by atoms with E-state index in [4.69, 9.17) is 5.11 Å². The van der Waals surface area contributed by atoms with Crippen LogP contribution in [0.5, 0.6) is 0 Å². The molecule has 0 aromatic heterocycles. The van der Waals surface area contributed by atoms with Crippen LogP contribution in [0, 0.1) is 17.5 Å². The van der Waals surface area contributed by atoms with Gasteiger partial charge in [-0.05, 0) is 12.1 Å². The molecule has 8 heteroatoms. The predicted molar refractivity (Wildman–Crippen MR) is 61.7 cm³/mol. The molecule has 1 aromatic carbocycles. The molecule has 0 aliphatic carbocycles. The summed E-state index contributed by atoms with van der Waals surface area (Å²) >= 11 is 0. The highest BCUT2D eigenvalue weighted by Gasteiger charge is 2.22. The Morgan fingerprint density at radius 3 is 2.30 bits per heavy atom. The van der Waals surface area contributed by atoms with Crippen molar-refractivity contribution in [1.29, 1.82) is 0 Å². The van der Waals surface area contributed by atoms with Gasteiger partial charge >= 0.3 is 5.97 Å². The van der Waals surface area contributed by atoms with E-state index in [1.807, 2.05) is 0 Å². The van der Waals surface area contributed by atoms with Gasteiger partial charge in [-0.1, -0.05) is 0 Å². The van der Waals surface area contributed by atoms with Crippen molar-refractivity contribution >= 4 is 11.9 Å². The molecule has 110 valence electrons. The third-order valence-electron chi connectivity index (χ3n) is 2.46. The molecule has 2 N–H and O–H groups in total. The SMILES string of the molecule is COCCC(NC(=O)c1cc(F)c(F)c(F)c1)C(=O)O. The fourth-order valence-corrected chi connectivity index (χ4v) is 1.42. The molecule has 0 radical (unpaired) electrons. The number of carbonyl (C=O) groups excluding carboxylic acids is 1. The number of ether oxygens (including phenoxy) is 1. The lowest BCUT2D eigenvalue weighted by molar-refractivity contribution is -0.139. The average molecular weight is 291 g/mol. The van der Waals surface area contributed by atoms with E-state index < -0.39 is 40.9 Å². The number of hydrogen-bond donors (Lipinski definition) is 2. The monoisotopic (exact) mass is 291 g/mol. The molecule has 1 aromatic rings. The quantitative estimate of drug-likeness (QED) is 0.775. The maximum atomic E-state index is 13.0. The lowest BCUT2D eigenvalue weighted by Crippen LogP contribution is -2.41. The maximum absolute atomic E-state index is 13.0. The first-order valence-electron chi connectivity index (χ1n) is 5.54. The lowest BCUT2D eigenvalue weighted by Gasteiger charge is -2.14. The van der Waals surface area contributed by atoms with Gasteiger partial charge in [-0.2, -0.15) is 0 Å². The number of carbonyl (C=O) groups is 2. The van der Waals surface area contributed by atoms with Crippen molar-refractivity contribution in [1.82, 2.24) is 5.32 Å². The van der Waals surface area contributed by atoms with Gasteiger partial charge in [-0.3, -0.25) is 4.79 Å². The van der Waals surface area contributed by atoms with Crippen LogP contribution in [0.1, 0.15) is 16.8 Å². The van der Waals surface area contributed by atoms with E-state index in [1.165, 1.54) is 7.11 Å². The molecule has 0 saturated heterocycles. The van der Waals surface area contributed by atoms with E-state index in [0.29, 0.717) is 12.1 Å². The first-order valence-corrected chi connectivity index (χ1v) is 5.54. The molecular formula is C12H12F3NO4. The minimum atomic E-state index is -1.70. The van der Waals surface area contributed by atoms with E-state index >= 15 is 0 Å². The number of amides is 1. The molecule has 0 bridgehead atoms. The zero-order chi connectivity index (χ0) is 15.3. The Balaban J connectivity index is 2.86. The summed E-state index contributed by atoms with van der Waals surface area (Å²) in [6.07, 6.45) is -0.0241. The summed E-state index contributed by atoms with van der Waals surface area (Å²) in [6, 6.07) is -0.301. The first kappa shape index (κ1) is 16.0. The highest BCUT2D eigenvalue weighted by atomic mass is 19.2. The Morgan fingerprint density at radius 2 is 1.85 bits per heavy atom. The van der Waals surface area contributed by atoms with Crippen molar-refractivity contribution in [3.63, 3.8) is 0 Å². The standard InChI is InChI=1S/C12H12F3NO4/c1-20-3-2-9(12(18)19)16-11(17)6-4-7(13)10(15)8(14)5-6/h4-5,9H,2-3H2,1H3,(H,16,17)(H,18,19). The van der Waals surface area contributed by atoms with Crippen molar-refractivity contribution < 1.29 is 32.6 Å². The van der Waals surface area contributed by atoms with Crippen molar-refractivity contribution in [3.8, 4) is 0 Å². The number of methoxy groups -OCH3 is 1. The summed E-state index contributed by atoms with van der Waals surface area (Å²) in [5.41, 5.74) is -0.509. The summed E-state index contributed by atoms with van der Waals surface area (Å²) in [6.45, 7) is 0.0728. The number of aliphatic carboxylic acids is 1. The van der Waals surface area contributed by atoms with Crippen LogP contribution < -0.4 is 5.32 Å². The molecule has 0 fully saturated rings. The van der Waals surface area contributed by atoms with Gasteiger partial charge in [0.05, 0.1) is 0 Å². The Hall–Kier alpha value is -2.09. The van der Waals surface area contributed by atoms with Crippen LogP contribution in [0.15, 0.2) is 12.1 Å². The van der Waals surface area contributed by atoms with E-state index in [2.05, 4.69) is 10.1 Å². The maximum Gasteiger partial charge on any atom is 0.326 e. The molecule has 20 heavy (non-hydrogen) atoms. The van der Waals surface area contributed by atoms with E-state index in [1.54, 1.807) is 0 Å².